The lowest BCUT2D eigenvalue weighted by molar-refractivity contribution is -0.123. The van der Waals surface area contributed by atoms with Crippen molar-refractivity contribution in [1.82, 2.24) is 15.0 Å². The minimum Gasteiger partial charge on any atom is -0.449 e. The van der Waals surface area contributed by atoms with Gasteiger partial charge in [-0.05, 0) is 37.3 Å². The van der Waals surface area contributed by atoms with E-state index in [1.807, 2.05) is 54.6 Å². The van der Waals surface area contributed by atoms with Crippen LogP contribution in [0.4, 0.5) is 5.13 Å². The monoisotopic (exact) mass is 442 g/mol. The molecule has 0 aliphatic rings. The lowest BCUT2D eigenvalue weighted by atomic mass is 10.2. The Morgan fingerprint density at radius 1 is 0.969 bits per heavy atom. The Labute approximate surface area is 187 Å². The Balaban J connectivity index is 1.28. The van der Waals surface area contributed by atoms with Crippen LogP contribution < -0.4 is 5.32 Å². The number of hydrogen-bond donors (Lipinski definition) is 2. The summed E-state index contributed by atoms with van der Waals surface area (Å²) in [6.07, 6.45) is -0.980. The summed E-state index contributed by atoms with van der Waals surface area (Å²) in [6, 6.07) is 22.4. The minimum atomic E-state index is -0.980. The fourth-order valence-corrected chi connectivity index (χ4v) is 4.15. The van der Waals surface area contributed by atoms with Crippen LogP contribution in [0.25, 0.3) is 32.6 Å². The van der Waals surface area contributed by atoms with Gasteiger partial charge in [0.25, 0.3) is 5.91 Å². The van der Waals surface area contributed by atoms with Crippen LogP contribution >= 0.6 is 11.3 Å². The molecule has 0 spiro atoms. The Kier molecular flexibility index (Phi) is 5.12. The molecule has 2 heterocycles. The molecule has 5 rings (SSSR count). The molecular weight excluding hydrogens is 424 g/mol. The number of H-pyrrole nitrogens is 1. The minimum absolute atomic E-state index is 0.334. The lowest BCUT2D eigenvalue weighted by Crippen LogP contribution is -2.29. The molecule has 0 fully saturated rings. The third-order valence-electron chi connectivity index (χ3n) is 4.94. The molecule has 0 aliphatic heterocycles. The molecule has 1 amide bonds. The van der Waals surface area contributed by atoms with Crippen LogP contribution in [0, 0.1) is 0 Å². The van der Waals surface area contributed by atoms with Gasteiger partial charge in [-0.15, -0.1) is 0 Å². The second-order valence-corrected chi connectivity index (χ2v) is 8.24. The molecule has 5 aromatic rings. The third-order valence-corrected chi connectivity index (χ3v) is 5.89. The summed E-state index contributed by atoms with van der Waals surface area (Å²) < 4.78 is 6.34. The van der Waals surface area contributed by atoms with E-state index in [0.717, 1.165) is 27.1 Å². The molecule has 158 valence electrons. The number of hydrogen-bond acceptors (Lipinski definition) is 6. The molecule has 8 heteroatoms. The highest BCUT2D eigenvalue weighted by molar-refractivity contribution is 7.22. The second-order valence-electron chi connectivity index (χ2n) is 7.21. The van der Waals surface area contributed by atoms with Gasteiger partial charge >= 0.3 is 5.97 Å². The first-order valence-electron chi connectivity index (χ1n) is 9.99. The maximum absolute atomic E-state index is 12.6. The van der Waals surface area contributed by atoms with Gasteiger partial charge in [0, 0.05) is 5.56 Å². The zero-order valence-electron chi connectivity index (χ0n) is 17.0. The zero-order chi connectivity index (χ0) is 22.1. The largest absolute Gasteiger partial charge is 0.449 e. The van der Waals surface area contributed by atoms with Gasteiger partial charge < -0.3 is 9.72 Å². The lowest BCUT2D eigenvalue weighted by Gasteiger charge is -2.12. The molecule has 1 unspecified atom stereocenters. The average molecular weight is 443 g/mol. The number of esters is 1. The van der Waals surface area contributed by atoms with Crippen LogP contribution in [0.15, 0.2) is 72.8 Å². The van der Waals surface area contributed by atoms with Gasteiger partial charge in [0.15, 0.2) is 11.2 Å². The Morgan fingerprint density at radius 2 is 1.75 bits per heavy atom. The molecule has 7 nitrogen and oxygen atoms in total. The number of carbonyl (C=O) groups excluding carboxylic acids is 2. The van der Waals surface area contributed by atoms with E-state index in [2.05, 4.69) is 20.3 Å². The number of aromatic nitrogens is 3. The van der Waals surface area contributed by atoms with Crippen molar-refractivity contribution < 1.29 is 14.3 Å². The van der Waals surface area contributed by atoms with Gasteiger partial charge in [0.1, 0.15) is 5.82 Å². The molecule has 2 aromatic heterocycles. The number of aromatic amines is 1. The Morgan fingerprint density at radius 3 is 2.56 bits per heavy atom. The Bertz CT molecular complexity index is 1410. The number of carbonyl (C=O) groups is 2. The highest BCUT2D eigenvalue weighted by atomic mass is 32.1. The Hall–Kier alpha value is -4.04. The molecule has 0 saturated carbocycles. The summed E-state index contributed by atoms with van der Waals surface area (Å²) in [5, 5.41) is 3.18. The third kappa shape index (κ3) is 3.95. The van der Waals surface area contributed by atoms with Gasteiger partial charge in [0.2, 0.25) is 0 Å². The topological polar surface area (TPSA) is 97.0 Å². The van der Waals surface area contributed by atoms with E-state index in [-0.39, 0.29) is 0 Å². The predicted octanol–water partition coefficient (Wildman–Crippen LogP) is 5.02. The highest BCUT2D eigenvalue weighted by Crippen LogP contribution is 2.26. The fourth-order valence-electron chi connectivity index (χ4n) is 3.28. The van der Waals surface area contributed by atoms with E-state index in [1.165, 1.54) is 18.3 Å². The molecule has 0 aliphatic carbocycles. The van der Waals surface area contributed by atoms with E-state index < -0.39 is 18.0 Å². The molecule has 0 radical (unpaired) electrons. The van der Waals surface area contributed by atoms with Crippen molar-refractivity contribution in [3.63, 3.8) is 0 Å². The van der Waals surface area contributed by atoms with Gasteiger partial charge in [-0.2, -0.15) is 0 Å². The van der Waals surface area contributed by atoms with Gasteiger partial charge in [0.05, 0.1) is 26.8 Å². The van der Waals surface area contributed by atoms with E-state index in [4.69, 9.17) is 4.74 Å². The number of ether oxygens (including phenoxy) is 1. The zero-order valence-corrected chi connectivity index (χ0v) is 17.8. The van der Waals surface area contributed by atoms with Crippen LogP contribution in [0.1, 0.15) is 17.3 Å². The van der Waals surface area contributed by atoms with E-state index in [0.29, 0.717) is 16.2 Å². The number of amides is 1. The predicted molar refractivity (Wildman–Crippen MR) is 125 cm³/mol. The summed E-state index contributed by atoms with van der Waals surface area (Å²) in [7, 11) is 0. The van der Waals surface area contributed by atoms with E-state index in [1.54, 1.807) is 18.2 Å². The first kappa shape index (κ1) is 19.9. The van der Waals surface area contributed by atoms with Crippen LogP contribution in [-0.4, -0.2) is 32.9 Å². The van der Waals surface area contributed by atoms with Gasteiger partial charge in [-0.1, -0.05) is 53.8 Å². The summed E-state index contributed by atoms with van der Waals surface area (Å²) in [5.74, 6) is -0.309. The quantitative estimate of drug-likeness (QED) is 0.372. The summed E-state index contributed by atoms with van der Waals surface area (Å²) in [6.45, 7) is 1.53. The summed E-state index contributed by atoms with van der Waals surface area (Å²) >= 11 is 1.37. The van der Waals surface area contributed by atoms with Crippen molar-refractivity contribution in [3.8, 4) is 11.4 Å². The molecule has 1 atom stereocenters. The standard InChI is InChI=1S/C24H18N4O3S/c1-14(22(29)28-24-27-18-9-5-6-10-20(18)32-24)31-23(30)16-11-12-17-19(13-16)26-21(25-17)15-7-3-2-4-8-15/h2-14H,1H3,(H,25,26)(H,27,28,29). The van der Waals surface area contributed by atoms with Gasteiger partial charge in [-0.3, -0.25) is 10.1 Å². The van der Waals surface area contributed by atoms with Crippen molar-refractivity contribution in [2.24, 2.45) is 0 Å². The highest BCUT2D eigenvalue weighted by Gasteiger charge is 2.21. The molecule has 3 aromatic carbocycles. The van der Waals surface area contributed by atoms with Crippen LogP contribution in [-0.2, 0) is 9.53 Å². The maximum Gasteiger partial charge on any atom is 0.338 e. The fraction of sp³-hybridized carbons (Fsp3) is 0.0833. The van der Waals surface area contributed by atoms with E-state index in [9.17, 15) is 9.59 Å². The first-order chi connectivity index (χ1) is 15.6. The summed E-state index contributed by atoms with van der Waals surface area (Å²) in [4.78, 5) is 37.3. The summed E-state index contributed by atoms with van der Waals surface area (Å²) in [5.41, 5.74) is 3.54. The van der Waals surface area contributed by atoms with Crippen molar-refractivity contribution in [1.29, 1.82) is 0 Å². The first-order valence-corrected chi connectivity index (χ1v) is 10.8. The smallest absolute Gasteiger partial charge is 0.338 e. The number of benzene rings is 3. The molecule has 2 N–H and O–H groups in total. The SMILES string of the molecule is CC(OC(=O)c1ccc2nc(-c3ccccc3)[nH]c2c1)C(=O)Nc1nc2ccccc2s1. The number of fused-ring (bicyclic) bond motifs is 2. The number of para-hydroxylation sites is 1. The second kappa shape index (κ2) is 8.24. The number of nitrogens with one attached hydrogen (secondary N) is 2. The number of imidazole rings is 1. The molecule has 0 bridgehead atoms. The number of anilines is 1. The van der Waals surface area contributed by atoms with Gasteiger partial charge in [-0.25, -0.2) is 14.8 Å². The number of thiazole rings is 1. The van der Waals surface area contributed by atoms with Crippen molar-refractivity contribution in [2.45, 2.75) is 13.0 Å². The number of rotatable bonds is 5. The van der Waals surface area contributed by atoms with Crippen molar-refractivity contribution in [3.05, 3.63) is 78.4 Å². The van der Waals surface area contributed by atoms with Crippen LogP contribution in [0.3, 0.4) is 0 Å². The van der Waals surface area contributed by atoms with Crippen LogP contribution in [0.2, 0.25) is 0 Å². The molecular formula is C24H18N4O3S. The number of nitrogens with zero attached hydrogens (tertiary/aromatic N) is 2. The van der Waals surface area contributed by atoms with Crippen molar-refractivity contribution in [2.75, 3.05) is 5.32 Å². The molecule has 32 heavy (non-hydrogen) atoms. The normalized spacial score (nSPS) is 12.0. The maximum atomic E-state index is 12.6. The molecule has 0 saturated heterocycles. The van der Waals surface area contributed by atoms with E-state index >= 15 is 0 Å². The average Bonchev–Trinajstić information content (AvgIpc) is 3.42. The van der Waals surface area contributed by atoms with Crippen LogP contribution in [0.5, 0.6) is 0 Å². The van der Waals surface area contributed by atoms with Crippen molar-refractivity contribution >= 4 is 49.6 Å².